The molecule has 1 aliphatic carbocycles. The fourth-order valence-corrected chi connectivity index (χ4v) is 4.47. The number of benzene rings is 3. The Kier molecular flexibility index (Phi) is 4.80. The van der Waals surface area contributed by atoms with Crippen LogP contribution in [0.4, 0.5) is 0 Å². The van der Waals surface area contributed by atoms with E-state index < -0.39 is 23.8 Å². The second-order valence-electron chi connectivity index (χ2n) is 7.81. The predicted octanol–water partition coefficient (Wildman–Crippen LogP) is 5.41. The molecule has 2 unspecified atom stereocenters. The third-order valence-electron chi connectivity index (χ3n) is 5.99. The molecule has 28 heavy (non-hydrogen) atoms. The number of carboxylic acids is 1. The van der Waals surface area contributed by atoms with Crippen LogP contribution in [-0.2, 0) is 9.59 Å². The van der Waals surface area contributed by atoms with Gasteiger partial charge in [-0.15, -0.1) is 0 Å². The van der Waals surface area contributed by atoms with Gasteiger partial charge < -0.3 is 9.84 Å². The Hall–Kier alpha value is -2.88. The Bertz CT molecular complexity index is 1080. The quantitative estimate of drug-likeness (QED) is 0.377. The molecule has 0 saturated heterocycles. The average molecular weight is 376 g/mol. The number of carbonyl (C=O) groups is 2. The van der Waals surface area contributed by atoms with Gasteiger partial charge in [0, 0.05) is 10.8 Å². The average Bonchev–Trinajstić information content (AvgIpc) is 2.68. The van der Waals surface area contributed by atoms with Crippen LogP contribution in [0, 0.1) is 25.7 Å². The second kappa shape index (κ2) is 7.27. The smallest absolute Gasteiger partial charge is 0.315 e. The normalized spacial score (nSPS) is 19.6. The summed E-state index contributed by atoms with van der Waals surface area (Å²) in [5.74, 6) is -2.04. The summed E-state index contributed by atoms with van der Waals surface area (Å²) in [5.41, 5.74) is 2.14. The fraction of sp³-hybridized carbons (Fsp3) is 0.333. The lowest BCUT2D eigenvalue weighted by Crippen LogP contribution is -2.35. The monoisotopic (exact) mass is 376 g/mol. The van der Waals surface area contributed by atoms with Crippen LogP contribution in [0.5, 0.6) is 5.75 Å². The van der Waals surface area contributed by atoms with Crippen molar-refractivity contribution >= 4 is 33.5 Å². The van der Waals surface area contributed by atoms with Gasteiger partial charge in [-0.25, -0.2) is 0 Å². The first-order chi connectivity index (χ1) is 13.5. The first kappa shape index (κ1) is 18.5. The molecule has 0 heterocycles. The highest BCUT2D eigenvalue weighted by Gasteiger charge is 2.37. The number of carbonyl (C=O) groups excluding carboxylic acids is 1. The molecule has 0 bridgehead atoms. The van der Waals surface area contributed by atoms with E-state index in [9.17, 15) is 14.7 Å². The number of fused-ring (bicyclic) bond motifs is 2. The first-order valence-electron chi connectivity index (χ1n) is 9.83. The largest absolute Gasteiger partial charge is 0.481 e. The predicted molar refractivity (Wildman–Crippen MR) is 110 cm³/mol. The maximum atomic E-state index is 13.1. The zero-order valence-electron chi connectivity index (χ0n) is 16.2. The molecule has 4 heteroatoms. The van der Waals surface area contributed by atoms with Crippen molar-refractivity contribution in [2.45, 2.75) is 39.5 Å². The number of ether oxygens (including phenoxy) is 1. The molecule has 3 aromatic rings. The van der Waals surface area contributed by atoms with E-state index in [-0.39, 0.29) is 0 Å². The minimum Gasteiger partial charge on any atom is -0.481 e. The van der Waals surface area contributed by atoms with E-state index in [0.29, 0.717) is 18.6 Å². The van der Waals surface area contributed by atoms with Gasteiger partial charge in [0.05, 0.1) is 11.8 Å². The van der Waals surface area contributed by atoms with Crippen molar-refractivity contribution in [1.82, 2.24) is 0 Å². The summed E-state index contributed by atoms with van der Waals surface area (Å²) in [6, 6.07) is 14.1. The molecule has 1 fully saturated rings. The van der Waals surface area contributed by atoms with Crippen LogP contribution in [0.15, 0.2) is 42.5 Å². The fourth-order valence-electron chi connectivity index (χ4n) is 4.47. The third kappa shape index (κ3) is 3.13. The summed E-state index contributed by atoms with van der Waals surface area (Å²) in [7, 11) is 0. The molecule has 1 N–H and O–H groups in total. The summed E-state index contributed by atoms with van der Waals surface area (Å²) in [6.45, 7) is 4.04. The standard InChI is InChI=1S/C24H24O4/c1-14-7-6-12-17-20(14)13-16-9-5-8-15(2)21(16)22(17)28-24(27)19-11-4-3-10-18(19)23(25)26/h5-9,12-13,18-19H,3-4,10-11H2,1-2H3,(H,25,26). The van der Waals surface area contributed by atoms with E-state index in [1.165, 1.54) is 0 Å². The molecule has 4 nitrogen and oxygen atoms in total. The molecular weight excluding hydrogens is 352 g/mol. The topological polar surface area (TPSA) is 63.6 Å². The van der Waals surface area contributed by atoms with E-state index in [2.05, 4.69) is 6.07 Å². The van der Waals surface area contributed by atoms with Crippen LogP contribution in [0.2, 0.25) is 0 Å². The van der Waals surface area contributed by atoms with Gasteiger partial charge >= 0.3 is 11.9 Å². The number of hydrogen-bond acceptors (Lipinski definition) is 3. The van der Waals surface area contributed by atoms with Crippen LogP contribution < -0.4 is 4.74 Å². The van der Waals surface area contributed by atoms with Crippen molar-refractivity contribution in [2.75, 3.05) is 0 Å². The highest BCUT2D eigenvalue weighted by Crippen LogP contribution is 2.39. The van der Waals surface area contributed by atoms with E-state index >= 15 is 0 Å². The molecule has 1 saturated carbocycles. The molecular formula is C24H24O4. The van der Waals surface area contributed by atoms with Crippen molar-refractivity contribution in [3.05, 3.63) is 53.6 Å². The number of hydrogen-bond donors (Lipinski definition) is 1. The van der Waals surface area contributed by atoms with E-state index in [1.807, 2.05) is 50.2 Å². The molecule has 0 amide bonds. The molecule has 0 aliphatic heterocycles. The summed E-state index contributed by atoms with van der Waals surface area (Å²) >= 11 is 0. The number of rotatable bonds is 3. The molecule has 0 aromatic heterocycles. The SMILES string of the molecule is Cc1cccc2c(OC(=O)C3CCCCC3C(=O)O)c3c(C)cccc3cc12. The van der Waals surface area contributed by atoms with Crippen LogP contribution in [0.1, 0.15) is 36.8 Å². The maximum absolute atomic E-state index is 13.1. The van der Waals surface area contributed by atoms with Gasteiger partial charge in [-0.05, 0) is 54.7 Å². The van der Waals surface area contributed by atoms with Gasteiger partial charge in [0.15, 0.2) is 0 Å². The Balaban J connectivity index is 1.85. The highest BCUT2D eigenvalue weighted by molar-refractivity contribution is 6.08. The maximum Gasteiger partial charge on any atom is 0.315 e. The van der Waals surface area contributed by atoms with E-state index in [4.69, 9.17) is 4.74 Å². The van der Waals surface area contributed by atoms with Gasteiger partial charge in [-0.2, -0.15) is 0 Å². The number of carboxylic acid groups (broad SMARTS) is 1. The number of esters is 1. The highest BCUT2D eigenvalue weighted by atomic mass is 16.5. The summed E-state index contributed by atoms with van der Waals surface area (Å²) in [4.78, 5) is 24.7. The summed E-state index contributed by atoms with van der Waals surface area (Å²) in [6.07, 6.45) is 2.80. The minimum atomic E-state index is -0.906. The number of aliphatic carboxylic acids is 1. The molecule has 2 atom stereocenters. The molecule has 4 rings (SSSR count). The lowest BCUT2D eigenvalue weighted by Gasteiger charge is -2.27. The van der Waals surface area contributed by atoms with Crippen molar-refractivity contribution in [2.24, 2.45) is 11.8 Å². The van der Waals surface area contributed by atoms with Crippen molar-refractivity contribution < 1.29 is 19.4 Å². The van der Waals surface area contributed by atoms with Crippen LogP contribution in [0.3, 0.4) is 0 Å². The van der Waals surface area contributed by atoms with Crippen molar-refractivity contribution in [3.63, 3.8) is 0 Å². The van der Waals surface area contributed by atoms with Gasteiger partial charge in [-0.1, -0.05) is 49.2 Å². The van der Waals surface area contributed by atoms with Gasteiger partial charge in [-0.3, -0.25) is 9.59 Å². The Morgan fingerprint density at radius 2 is 1.61 bits per heavy atom. The Labute approximate surface area is 164 Å². The lowest BCUT2D eigenvalue weighted by molar-refractivity contribution is -0.153. The first-order valence-corrected chi connectivity index (χ1v) is 9.83. The van der Waals surface area contributed by atoms with Gasteiger partial charge in [0.1, 0.15) is 5.75 Å². The molecule has 3 aromatic carbocycles. The zero-order valence-corrected chi connectivity index (χ0v) is 16.2. The minimum absolute atomic E-state index is 0.425. The number of aryl methyl sites for hydroxylation is 2. The third-order valence-corrected chi connectivity index (χ3v) is 5.99. The van der Waals surface area contributed by atoms with Crippen LogP contribution >= 0.6 is 0 Å². The van der Waals surface area contributed by atoms with E-state index in [0.717, 1.165) is 45.5 Å². The molecule has 1 aliphatic rings. The molecule has 0 radical (unpaired) electrons. The zero-order chi connectivity index (χ0) is 19.8. The molecule has 0 spiro atoms. The van der Waals surface area contributed by atoms with Crippen molar-refractivity contribution in [3.8, 4) is 5.75 Å². The van der Waals surface area contributed by atoms with Gasteiger partial charge in [0.2, 0.25) is 0 Å². The van der Waals surface area contributed by atoms with Gasteiger partial charge in [0.25, 0.3) is 0 Å². The Morgan fingerprint density at radius 1 is 0.929 bits per heavy atom. The summed E-state index contributed by atoms with van der Waals surface area (Å²) in [5, 5.41) is 13.4. The molecule has 144 valence electrons. The second-order valence-corrected chi connectivity index (χ2v) is 7.81. The Morgan fingerprint density at radius 3 is 2.36 bits per heavy atom. The van der Waals surface area contributed by atoms with E-state index in [1.54, 1.807) is 0 Å². The van der Waals surface area contributed by atoms with Crippen LogP contribution in [-0.4, -0.2) is 17.0 Å². The van der Waals surface area contributed by atoms with Crippen LogP contribution in [0.25, 0.3) is 21.5 Å². The summed E-state index contributed by atoms with van der Waals surface area (Å²) < 4.78 is 5.99. The lowest BCUT2D eigenvalue weighted by atomic mass is 9.79. The van der Waals surface area contributed by atoms with Crippen molar-refractivity contribution in [1.29, 1.82) is 0 Å².